The van der Waals surface area contributed by atoms with E-state index in [1.165, 1.54) is 0 Å². The van der Waals surface area contributed by atoms with Gasteiger partial charge in [-0.25, -0.2) is 9.97 Å². The fourth-order valence-corrected chi connectivity index (χ4v) is 3.98. The Morgan fingerprint density at radius 1 is 1.33 bits per heavy atom. The van der Waals surface area contributed by atoms with Crippen molar-refractivity contribution in [3.05, 3.63) is 40.5 Å². The number of pyridine rings is 1. The predicted octanol–water partition coefficient (Wildman–Crippen LogP) is 1.99. The van der Waals surface area contributed by atoms with Crippen LogP contribution in [0.5, 0.6) is 0 Å². The summed E-state index contributed by atoms with van der Waals surface area (Å²) in [6.45, 7) is 2.86. The van der Waals surface area contributed by atoms with Crippen LogP contribution < -0.4 is 4.90 Å². The van der Waals surface area contributed by atoms with Crippen LogP contribution in [-0.2, 0) is 10.5 Å². The summed E-state index contributed by atoms with van der Waals surface area (Å²) in [5, 5.41) is 11.0. The largest absolute Gasteiger partial charge is 0.353 e. The number of hydrogen-bond donors (Lipinski definition) is 0. The van der Waals surface area contributed by atoms with Crippen LogP contribution in [0, 0.1) is 11.3 Å². The maximum atomic E-state index is 12.3. The minimum Gasteiger partial charge on any atom is -0.353 e. The molecule has 1 aliphatic heterocycles. The van der Waals surface area contributed by atoms with Gasteiger partial charge in [0.2, 0.25) is 5.91 Å². The number of amides is 1. The van der Waals surface area contributed by atoms with Crippen LogP contribution in [-0.4, -0.2) is 52.7 Å². The highest BCUT2D eigenvalue weighted by atomic mass is 32.2. The summed E-state index contributed by atoms with van der Waals surface area (Å²) in [6.07, 6.45) is 1.65. The SMILES string of the molecule is N#Cc1ccnc(N2CCN(C(=O)CSCc3cscn3)CC2)c1. The van der Waals surface area contributed by atoms with Crippen LogP contribution >= 0.6 is 23.1 Å². The van der Waals surface area contributed by atoms with Gasteiger partial charge in [-0.15, -0.1) is 23.1 Å². The predicted molar refractivity (Wildman–Crippen MR) is 96.0 cm³/mol. The van der Waals surface area contributed by atoms with E-state index in [4.69, 9.17) is 5.26 Å². The number of piperazine rings is 1. The van der Waals surface area contributed by atoms with Gasteiger partial charge in [-0.3, -0.25) is 4.79 Å². The van der Waals surface area contributed by atoms with Crippen molar-refractivity contribution in [1.82, 2.24) is 14.9 Å². The maximum absolute atomic E-state index is 12.3. The van der Waals surface area contributed by atoms with E-state index >= 15 is 0 Å². The first kappa shape index (κ1) is 16.7. The molecule has 1 amide bonds. The lowest BCUT2D eigenvalue weighted by Crippen LogP contribution is -2.49. The number of rotatable bonds is 5. The minimum atomic E-state index is 0.175. The Hall–Kier alpha value is -2.11. The van der Waals surface area contributed by atoms with E-state index in [-0.39, 0.29) is 5.91 Å². The molecule has 8 heteroatoms. The molecule has 0 saturated carbocycles. The smallest absolute Gasteiger partial charge is 0.232 e. The van der Waals surface area contributed by atoms with E-state index < -0.39 is 0 Å². The van der Waals surface area contributed by atoms with E-state index in [9.17, 15) is 4.79 Å². The maximum Gasteiger partial charge on any atom is 0.232 e. The second kappa shape index (κ2) is 8.13. The molecule has 0 atom stereocenters. The summed E-state index contributed by atoms with van der Waals surface area (Å²) >= 11 is 3.18. The van der Waals surface area contributed by atoms with Gasteiger partial charge in [0, 0.05) is 43.5 Å². The molecule has 0 N–H and O–H groups in total. The number of thiazole rings is 1. The van der Waals surface area contributed by atoms with Gasteiger partial charge in [-0.05, 0) is 12.1 Å². The molecule has 0 radical (unpaired) electrons. The Bertz CT molecular complexity index is 720. The molecule has 1 fully saturated rings. The molecular formula is C16H17N5OS2. The number of carbonyl (C=O) groups excluding carboxylic acids is 1. The van der Waals surface area contributed by atoms with Gasteiger partial charge >= 0.3 is 0 Å². The molecule has 0 aromatic carbocycles. The fraction of sp³-hybridized carbons (Fsp3) is 0.375. The zero-order valence-electron chi connectivity index (χ0n) is 13.1. The van der Waals surface area contributed by atoms with Gasteiger partial charge in [-0.2, -0.15) is 5.26 Å². The summed E-state index contributed by atoms with van der Waals surface area (Å²) in [5.41, 5.74) is 3.45. The molecule has 3 rings (SSSR count). The molecule has 0 bridgehead atoms. The van der Waals surface area contributed by atoms with Crippen LogP contribution in [0.15, 0.2) is 29.2 Å². The van der Waals surface area contributed by atoms with Gasteiger partial charge in [0.1, 0.15) is 5.82 Å². The van der Waals surface area contributed by atoms with E-state index in [0.717, 1.165) is 30.4 Å². The van der Waals surface area contributed by atoms with E-state index in [1.54, 1.807) is 41.4 Å². The lowest BCUT2D eigenvalue weighted by atomic mass is 10.2. The lowest BCUT2D eigenvalue weighted by Gasteiger charge is -2.35. The summed E-state index contributed by atoms with van der Waals surface area (Å²) in [7, 11) is 0. The highest BCUT2D eigenvalue weighted by molar-refractivity contribution is 7.99. The Morgan fingerprint density at radius 2 is 2.17 bits per heavy atom. The zero-order valence-corrected chi connectivity index (χ0v) is 14.7. The van der Waals surface area contributed by atoms with Crippen molar-refractivity contribution < 1.29 is 4.79 Å². The molecule has 124 valence electrons. The van der Waals surface area contributed by atoms with Crippen molar-refractivity contribution >= 4 is 34.8 Å². The standard InChI is InChI=1S/C16H17N5OS2/c17-8-13-1-2-18-15(7-13)20-3-5-21(6-4-20)16(22)11-23-9-14-10-24-12-19-14/h1-2,7,10,12H,3-6,9,11H2. The molecular weight excluding hydrogens is 342 g/mol. The first-order valence-corrected chi connectivity index (χ1v) is 9.69. The molecule has 6 nitrogen and oxygen atoms in total. The molecule has 1 saturated heterocycles. The fourth-order valence-electron chi connectivity index (χ4n) is 2.49. The molecule has 0 unspecified atom stereocenters. The summed E-state index contributed by atoms with van der Waals surface area (Å²) in [5.74, 6) is 2.24. The first-order chi connectivity index (χ1) is 11.8. The third-order valence-corrected chi connectivity index (χ3v) is 5.38. The monoisotopic (exact) mass is 359 g/mol. The molecule has 24 heavy (non-hydrogen) atoms. The van der Waals surface area contributed by atoms with Crippen molar-refractivity contribution in [2.45, 2.75) is 5.75 Å². The Balaban J connectivity index is 1.45. The minimum absolute atomic E-state index is 0.175. The third kappa shape index (κ3) is 4.24. The Kier molecular flexibility index (Phi) is 5.67. The molecule has 0 aliphatic carbocycles. The van der Waals surface area contributed by atoms with Crippen LogP contribution in [0.1, 0.15) is 11.3 Å². The number of nitrogens with zero attached hydrogens (tertiary/aromatic N) is 5. The third-order valence-electron chi connectivity index (χ3n) is 3.79. The molecule has 2 aromatic heterocycles. The van der Waals surface area contributed by atoms with Gasteiger partial charge in [0.05, 0.1) is 28.6 Å². The highest BCUT2D eigenvalue weighted by Crippen LogP contribution is 2.17. The number of aromatic nitrogens is 2. The van der Waals surface area contributed by atoms with Crippen molar-refractivity contribution in [1.29, 1.82) is 5.26 Å². The topological polar surface area (TPSA) is 73.1 Å². The highest BCUT2D eigenvalue weighted by Gasteiger charge is 2.21. The number of thioether (sulfide) groups is 1. The van der Waals surface area contributed by atoms with Gasteiger partial charge < -0.3 is 9.80 Å². The zero-order chi connectivity index (χ0) is 16.8. The molecule has 0 spiro atoms. The summed E-state index contributed by atoms with van der Waals surface area (Å²) in [4.78, 5) is 24.8. The number of carbonyl (C=O) groups is 1. The average Bonchev–Trinajstić information content (AvgIpc) is 3.15. The van der Waals surface area contributed by atoms with Crippen molar-refractivity contribution in [2.75, 3.05) is 36.8 Å². The van der Waals surface area contributed by atoms with Gasteiger partial charge in [0.15, 0.2) is 0 Å². The number of nitriles is 1. The Morgan fingerprint density at radius 3 is 2.88 bits per heavy atom. The van der Waals surface area contributed by atoms with Crippen molar-refractivity contribution in [3.8, 4) is 6.07 Å². The number of hydrogen-bond acceptors (Lipinski definition) is 7. The average molecular weight is 359 g/mol. The molecule has 2 aromatic rings. The van der Waals surface area contributed by atoms with E-state index in [0.29, 0.717) is 24.4 Å². The number of anilines is 1. The second-order valence-electron chi connectivity index (χ2n) is 5.35. The van der Waals surface area contributed by atoms with Gasteiger partial charge in [0.25, 0.3) is 0 Å². The van der Waals surface area contributed by atoms with Crippen molar-refractivity contribution in [3.63, 3.8) is 0 Å². The van der Waals surface area contributed by atoms with Crippen molar-refractivity contribution in [2.24, 2.45) is 0 Å². The molecule has 1 aliphatic rings. The molecule has 3 heterocycles. The van der Waals surface area contributed by atoms with Crippen LogP contribution in [0.3, 0.4) is 0 Å². The Labute approximate surface area is 149 Å². The quantitative estimate of drug-likeness (QED) is 0.813. The van der Waals surface area contributed by atoms with Crippen LogP contribution in [0.2, 0.25) is 0 Å². The second-order valence-corrected chi connectivity index (χ2v) is 7.06. The summed E-state index contributed by atoms with van der Waals surface area (Å²) < 4.78 is 0. The van der Waals surface area contributed by atoms with E-state index in [2.05, 4.69) is 20.9 Å². The van der Waals surface area contributed by atoms with Gasteiger partial charge in [-0.1, -0.05) is 0 Å². The van der Waals surface area contributed by atoms with Crippen LogP contribution in [0.25, 0.3) is 0 Å². The van der Waals surface area contributed by atoms with E-state index in [1.807, 2.05) is 15.8 Å². The van der Waals surface area contributed by atoms with Crippen LogP contribution in [0.4, 0.5) is 5.82 Å². The lowest BCUT2D eigenvalue weighted by molar-refractivity contribution is -0.128. The normalized spacial score (nSPS) is 14.5. The summed E-state index contributed by atoms with van der Waals surface area (Å²) in [6, 6.07) is 5.62. The first-order valence-electron chi connectivity index (χ1n) is 7.60.